The van der Waals surface area contributed by atoms with E-state index in [0.29, 0.717) is 23.9 Å². The number of nitrogens with one attached hydrogen (secondary N) is 1. The van der Waals surface area contributed by atoms with Gasteiger partial charge < -0.3 is 20.7 Å². The Bertz CT molecular complexity index is 837. The van der Waals surface area contributed by atoms with Crippen LogP contribution in [0.15, 0.2) is 60.9 Å². The molecule has 0 aliphatic carbocycles. The zero-order chi connectivity index (χ0) is 18.4. The SMILES string of the molecule is COc1ccc(CNc2ncnc(N(C)Cc3ccccc3)c2N)cc1. The van der Waals surface area contributed by atoms with Crippen LogP contribution in [-0.2, 0) is 13.1 Å². The van der Waals surface area contributed by atoms with Gasteiger partial charge >= 0.3 is 0 Å². The summed E-state index contributed by atoms with van der Waals surface area (Å²) in [6, 6.07) is 18.1. The van der Waals surface area contributed by atoms with Crippen molar-refractivity contribution in [2.45, 2.75) is 13.1 Å². The molecule has 6 heteroatoms. The monoisotopic (exact) mass is 349 g/mol. The molecule has 0 aliphatic rings. The Labute approximate surface area is 153 Å². The van der Waals surface area contributed by atoms with E-state index in [-0.39, 0.29) is 0 Å². The van der Waals surface area contributed by atoms with Crippen LogP contribution >= 0.6 is 0 Å². The van der Waals surface area contributed by atoms with Crippen LogP contribution in [0.25, 0.3) is 0 Å². The van der Waals surface area contributed by atoms with Gasteiger partial charge in [-0.1, -0.05) is 42.5 Å². The van der Waals surface area contributed by atoms with Crippen molar-refractivity contribution in [3.8, 4) is 5.75 Å². The fraction of sp³-hybridized carbons (Fsp3) is 0.200. The van der Waals surface area contributed by atoms with Crippen molar-refractivity contribution in [3.05, 3.63) is 72.1 Å². The van der Waals surface area contributed by atoms with E-state index in [1.54, 1.807) is 7.11 Å². The molecule has 3 rings (SSSR count). The molecule has 6 nitrogen and oxygen atoms in total. The van der Waals surface area contributed by atoms with Crippen molar-refractivity contribution >= 4 is 17.3 Å². The molecule has 0 bridgehead atoms. The molecule has 1 heterocycles. The molecule has 0 aliphatic heterocycles. The highest BCUT2D eigenvalue weighted by Crippen LogP contribution is 2.26. The smallest absolute Gasteiger partial charge is 0.157 e. The lowest BCUT2D eigenvalue weighted by molar-refractivity contribution is 0.414. The molecule has 0 saturated carbocycles. The number of nitrogen functional groups attached to an aromatic ring is 1. The van der Waals surface area contributed by atoms with Crippen molar-refractivity contribution in [1.29, 1.82) is 0 Å². The van der Waals surface area contributed by atoms with E-state index in [1.807, 2.05) is 54.4 Å². The number of ether oxygens (including phenoxy) is 1. The second-order valence-electron chi connectivity index (χ2n) is 6.00. The second-order valence-corrected chi connectivity index (χ2v) is 6.00. The van der Waals surface area contributed by atoms with E-state index in [1.165, 1.54) is 11.9 Å². The average molecular weight is 349 g/mol. The number of nitrogens with zero attached hydrogens (tertiary/aromatic N) is 3. The predicted molar refractivity (Wildman–Crippen MR) is 105 cm³/mol. The first-order valence-corrected chi connectivity index (χ1v) is 8.39. The van der Waals surface area contributed by atoms with E-state index in [0.717, 1.165) is 17.9 Å². The lowest BCUT2D eigenvalue weighted by Gasteiger charge is -2.21. The number of methoxy groups -OCH3 is 1. The maximum atomic E-state index is 6.30. The molecule has 0 fully saturated rings. The van der Waals surface area contributed by atoms with Crippen molar-refractivity contribution in [3.63, 3.8) is 0 Å². The standard InChI is InChI=1S/C20H23N5O/c1-25(13-16-6-4-3-5-7-16)20-18(21)19(23-14-24-20)22-12-15-8-10-17(26-2)11-9-15/h3-11,14H,12-13,21H2,1-2H3,(H,22,23,24). The summed E-state index contributed by atoms with van der Waals surface area (Å²) in [4.78, 5) is 10.6. The molecule has 0 atom stereocenters. The van der Waals surface area contributed by atoms with Crippen LogP contribution in [0.2, 0.25) is 0 Å². The zero-order valence-electron chi connectivity index (χ0n) is 15.0. The van der Waals surface area contributed by atoms with Crippen LogP contribution in [0.1, 0.15) is 11.1 Å². The van der Waals surface area contributed by atoms with Gasteiger partial charge in [-0.2, -0.15) is 0 Å². The Balaban J connectivity index is 1.69. The van der Waals surface area contributed by atoms with E-state index in [9.17, 15) is 0 Å². The normalized spacial score (nSPS) is 10.4. The van der Waals surface area contributed by atoms with Gasteiger partial charge in [-0.05, 0) is 23.3 Å². The molecular weight excluding hydrogens is 326 g/mol. The van der Waals surface area contributed by atoms with Crippen LogP contribution in [0, 0.1) is 0 Å². The number of anilines is 3. The summed E-state index contributed by atoms with van der Waals surface area (Å²) in [5.41, 5.74) is 9.15. The number of aromatic nitrogens is 2. The number of benzene rings is 2. The minimum absolute atomic E-state index is 0.541. The van der Waals surface area contributed by atoms with Crippen LogP contribution in [0.3, 0.4) is 0 Å². The first-order chi connectivity index (χ1) is 12.7. The molecule has 0 spiro atoms. The molecule has 0 saturated heterocycles. The van der Waals surface area contributed by atoms with Crippen LogP contribution in [0.4, 0.5) is 17.3 Å². The molecule has 0 amide bonds. The average Bonchev–Trinajstić information content (AvgIpc) is 2.68. The summed E-state index contributed by atoms with van der Waals surface area (Å²) in [6.45, 7) is 1.34. The van der Waals surface area contributed by atoms with Gasteiger partial charge in [0.2, 0.25) is 0 Å². The summed E-state index contributed by atoms with van der Waals surface area (Å²) in [5.74, 6) is 2.17. The molecular formula is C20H23N5O. The molecule has 1 aromatic heterocycles. The minimum atomic E-state index is 0.541. The summed E-state index contributed by atoms with van der Waals surface area (Å²) >= 11 is 0. The topological polar surface area (TPSA) is 76.3 Å². The third-order valence-corrected chi connectivity index (χ3v) is 4.11. The Kier molecular flexibility index (Phi) is 5.53. The van der Waals surface area contributed by atoms with Gasteiger partial charge in [0.05, 0.1) is 7.11 Å². The number of rotatable bonds is 7. The predicted octanol–water partition coefficient (Wildman–Crippen LogP) is 3.32. The van der Waals surface area contributed by atoms with Gasteiger partial charge in [0.15, 0.2) is 11.6 Å². The van der Waals surface area contributed by atoms with Gasteiger partial charge in [-0.15, -0.1) is 0 Å². The fourth-order valence-corrected chi connectivity index (χ4v) is 2.69. The minimum Gasteiger partial charge on any atom is -0.497 e. The third-order valence-electron chi connectivity index (χ3n) is 4.11. The van der Waals surface area contributed by atoms with Crippen molar-refractivity contribution in [2.24, 2.45) is 0 Å². The van der Waals surface area contributed by atoms with Gasteiger partial charge in [0.1, 0.15) is 17.8 Å². The molecule has 26 heavy (non-hydrogen) atoms. The maximum absolute atomic E-state index is 6.30. The summed E-state index contributed by atoms with van der Waals surface area (Å²) < 4.78 is 5.18. The molecule has 3 N–H and O–H groups in total. The molecule has 0 unspecified atom stereocenters. The Morgan fingerprint density at radius 3 is 2.42 bits per heavy atom. The third kappa shape index (κ3) is 4.22. The Morgan fingerprint density at radius 2 is 1.73 bits per heavy atom. The highest BCUT2D eigenvalue weighted by atomic mass is 16.5. The van der Waals surface area contributed by atoms with Gasteiger partial charge in [0, 0.05) is 20.1 Å². The van der Waals surface area contributed by atoms with E-state index < -0.39 is 0 Å². The Morgan fingerprint density at radius 1 is 1.00 bits per heavy atom. The quantitative estimate of drug-likeness (QED) is 0.681. The van der Waals surface area contributed by atoms with Crippen molar-refractivity contribution in [2.75, 3.05) is 30.1 Å². The maximum Gasteiger partial charge on any atom is 0.157 e. The molecule has 3 aromatic rings. The van der Waals surface area contributed by atoms with Gasteiger partial charge in [-0.3, -0.25) is 0 Å². The first-order valence-electron chi connectivity index (χ1n) is 8.39. The van der Waals surface area contributed by atoms with Crippen molar-refractivity contribution < 1.29 is 4.74 Å². The van der Waals surface area contributed by atoms with Gasteiger partial charge in [-0.25, -0.2) is 9.97 Å². The van der Waals surface area contributed by atoms with Crippen LogP contribution in [-0.4, -0.2) is 24.1 Å². The lowest BCUT2D eigenvalue weighted by Crippen LogP contribution is -2.20. The van der Waals surface area contributed by atoms with Gasteiger partial charge in [0.25, 0.3) is 0 Å². The Hall–Kier alpha value is -3.28. The highest BCUT2D eigenvalue weighted by Gasteiger charge is 2.12. The van der Waals surface area contributed by atoms with E-state index in [2.05, 4.69) is 27.4 Å². The van der Waals surface area contributed by atoms with E-state index in [4.69, 9.17) is 10.5 Å². The summed E-state index contributed by atoms with van der Waals surface area (Å²) in [7, 11) is 3.63. The molecule has 0 radical (unpaired) electrons. The number of hydrogen-bond acceptors (Lipinski definition) is 6. The summed E-state index contributed by atoms with van der Waals surface area (Å²) in [5, 5.41) is 3.28. The molecule has 134 valence electrons. The summed E-state index contributed by atoms with van der Waals surface area (Å²) in [6.07, 6.45) is 1.53. The van der Waals surface area contributed by atoms with Crippen LogP contribution < -0.4 is 20.7 Å². The number of nitrogens with two attached hydrogens (primary N) is 1. The van der Waals surface area contributed by atoms with E-state index >= 15 is 0 Å². The van der Waals surface area contributed by atoms with Crippen molar-refractivity contribution in [1.82, 2.24) is 9.97 Å². The van der Waals surface area contributed by atoms with Crippen LogP contribution in [0.5, 0.6) is 5.75 Å². The highest BCUT2D eigenvalue weighted by molar-refractivity contribution is 5.74. The molecule has 2 aromatic carbocycles. The largest absolute Gasteiger partial charge is 0.497 e. The second kappa shape index (κ2) is 8.20. The number of hydrogen-bond donors (Lipinski definition) is 2. The fourth-order valence-electron chi connectivity index (χ4n) is 2.69. The first kappa shape index (κ1) is 17.5. The lowest BCUT2D eigenvalue weighted by atomic mass is 10.2. The zero-order valence-corrected chi connectivity index (χ0v) is 15.0.